The van der Waals surface area contributed by atoms with Crippen molar-refractivity contribution in [3.05, 3.63) is 64.7 Å². The second kappa shape index (κ2) is 7.45. The van der Waals surface area contributed by atoms with Crippen LogP contribution >= 0.6 is 11.6 Å². The van der Waals surface area contributed by atoms with Gasteiger partial charge in [0.1, 0.15) is 16.4 Å². The number of halogens is 6. The zero-order valence-corrected chi connectivity index (χ0v) is 17.3. The highest BCUT2D eigenvalue weighted by Crippen LogP contribution is 2.55. The summed E-state index contributed by atoms with van der Waals surface area (Å²) in [6.45, 7) is 0. The molecule has 3 rings (SSSR count). The quantitative estimate of drug-likeness (QED) is 0.575. The maximum atomic E-state index is 14.5. The highest BCUT2D eigenvalue weighted by atomic mass is 35.5. The van der Waals surface area contributed by atoms with E-state index in [9.17, 15) is 38.8 Å². The van der Waals surface area contributed by atoms with Crippen LogP contribution in [0.5, 0.6) is 0 Å². The van der Waals surface area contributed by atoms with Gasteiger partial charge in [0.2, 0.25) is 9.84 Å². The third-order valence-corrected chi connectivity index (χ3v) is 9.44. The number of hydrogen-bond acceptors (Lipinski definition) is 4. The van der Waals surface area contributed by atoms with Crippen molar-refractivity contribution in [2.45, 2.75) is 28.0 Å². The van der Waals surface area contributed by atoms with Crippen molar-refractivity contribution in [3.63, 3.8) is 0 Å². The average molecular weight is 489 g/mol. The number of hydrogen-bond donors (Lipinski definition) is 0. The van der Waals surface area contributed by atoms with Crippen molar-refractivity contribution in [1.29, 1.82) is 0 Å². The molecule has 30 heavy (non-hydrogen) atoms. The zero-order chi connectivity index (χ0) is 22.5. The van der Waals surface area contributed by atoms with Crippen LogP contribution in [0.15, 0.2) is 47.4 Å². The van der Waals surface area contributed by atoms with Gasteiger partial charge in [0.15, 0.2) is 9.84 Å². The molecule has 0 aliphatic heterocycles. The lowest BCUT2D eigenvalue weighted by Crippen LogP contribution is -2.51. The van der Waals surface area contributed by atoms with Crippen LogP contribution in [0.3, 0.4) is 0 Å². The molecule has 0 bridgehead atoms. The Hall–Kier alpha value is -1.72. The Labute approximate surface area is 174 Å². The van der Waals surface area contributed by atoms with Crippen molar-refractivity contribution in [3.8, 4) is 0 Å². The average Bonchev–Trinajstić information content (AvgIpc) is 2.59. The molecule has 0 atom stereocenters. The topological polar surface area (TPSA) is 68.3 Å². The van der Waals surface area contributed by atoms with Gasteiger partial charge >= 0.3 is 5.51 Å². The minimum absolute atomic E-state index is 0.211. The summed E-state index contributed by atoms with van der Waals surface area (Å²) in [7, 11) is -9.94. The number of sulfone groups is 2. The zero-order valence-electron chi connectivity index (χ0n) is 15.0. The number of rotatable bonds is 5. The molecule has 0 aromatic heterocycles. The fourth-order valence-corrected chi connectivity index (χ4v) is 7.14. The van der Waals surface area contributed by atoms with E-state index < -0.39 is 71.6 Å². The molecule has 0 heterocycles. The Morgan fingerprint density at radius 1 is 0.967 bits per heavy atom. The smallest absolute Gasteiger partial charge is 0.223 e. The molecule has 12 heteroatoms. The molecule has 0 amide bonds. The van der Waals surface area contributed by atoms with E-state index in [-0.39, 0.29) is 9.92 Å². The molecule has 2 aromatic rings. The third kappa shape index (κ3) is 3.82. The summed E-state index contributed by atoms with van der Waals surface area (Å²) in [4.78, 5) is -0.298. The normalized spacial score (nSPS) is 22.5. The van der Waals surface area contributed by atoms with Gasteiger partial charge < -0.3 is 0 Å². The Morgan fingerprint density at radius 2 is 1.53 bits per heavy atom. The molecule has 1 aliphatic rings. The highest BCUT2D eigenvalue weighted by molar-refractivity contribution is 7.93. The fraction of sp³-hybridized carbons (Fsp3) is 0.333. The minimum atomic E-state index is -5.50. The summed E-state index contributed by atoms with van der Waals surface area (Å²) >= 11 is 5.75. The standard InChI is InChI=1S/C18H14ClF5O4S2/c19-12-1-4-14(5-2-12)30(27,28)17(15-7-13(20)3-6-16(15)21)8-11(9-17)10-29(25,26)18(22,23)24/h1-7,11H,8-10H2. The summed E-state index contributed by atoms with van der Waals surface area (Å²) in [5.74, 6) is -4.55. The van der Waals surface area contributed by atoms with Crippen molar-refractivity contribution < 1.29 is 38.8 Å². The Bertz CT molecular complexity index is 1170. The van der Waals surface area contributed by atoms with Crippen LogP contribution in [0.4, 0.5) is 22.0 Å². The van der Waals surface area contributed by atoms with E-state index >= 15 is 0 Å². The van der Waals surface area contributed by atoms with Crippen LogP contribution in [-0.4, -0.2) is 28.1 Å². The minimum Gasteiger partial charge on any atom is -0.223 e. The van der Waals surface area contributed by atoms with E-state index in [1.165, 1.54) is 12.1 Å². The molecule has 2 aromatic carbocycles. The van der Waals surface area contributed by atoms with Gasteiger partial charge in [-0.1, -0.05) is 11.6 Å². The predicted molar refractivity (Wildman–Crippen MR) is 99.2 cm³/mol. The van der Waals surface area contributed by atoms with Crippen LogP contribution in [0.25, 0.3) is 0 Å². The van der Waals surface area contributed by atoms with E-state index in [4.69, 9.17) is 11.6 Å². The monoisotopic (exact) mass is 488 g/mol. The molecule has 4 nitrogen and oxygen atoms in total. The SMILES string of the molecule is O=S(=O)(CC1CC(c2cc(F)ccc2F)(S(=O)(=O)c2ccc(Cl)cc2)C1)C(F)(F)F. The number of alkyl halides is 3. The molecular formula is C18H14ClF5O4S2. The summed E-state index contributed by atoms with van der Waals surface area (Å²) in [5, 5.41) is 0.211. The van der Waals surface area contributed by atoms with E-state index in [0.29, 0.717) is 12.1 Å². The van der Waals surface area contributed by atoms with Crippen LogP contribution in [0.2, 0.25) is 5.02 Å². The summed E-state index contributed by atoms with van der Waals surface area (Å²) in [5.41, 5.74) is -6.05. The van der Waals surface area contributed by atoms with Crippen LogP contribution in [-0.2, 0) is 24.4 Å². The first kappa shape index (κ1) is 23.0. The van der Waals surface area contributed by atoms with Crippen LogP contribution in [0, 0.1) is 17.6 Å². The van der Waals surface area contributed by atoms with Crippen molar-refractivity contribution in [2.24, 2.45) is 5.92 Å². The molecule has 0 unspecified atom stereocenters. The maximum absolute atomic E-state index is 14.5. The summed E-state index contributed by atoms with van der Waals surface area (Å²) in [6.07, 6.45) is -1.23. The molecule has 0 N–H and O–H groups in total. The van der Waals surface area contributed by atoms with E-state index in [1.54, 1.807) is 0 Å². The molecule has 164 valence electrons. The first-order valence-electron chi connectivity index (χ1n) is 8.44. The van der Waals surface area contributed by atoms with Gasteiger partial charge in [0.05, 0.1) is 10.6 Å². The van der Waals surface area contributed by atoms with Crippen molar-refractivity contribution in [1.82, 2.24) is 0 Å². The molecule has 1 fully saturated rings. The van der Waals surface area contributed by atoms with Crippen molar-refractivity contribution in [2.75, 3.05) is 5.75 Å². The lowest BCUT2D eigenvalue weighted by atomic mass is 9.71. The molecule has 1 saturated carbocycles. The van der Waals surface area contributed by atoms with Gasteiger partial charge in [-0.2, -0.15) is 13.2 Å². The molecule has 1 aliphatic carbocycles. The lowest BCUT2D eigenvalue weighted by Gasteiger charge is -2.47. The summed E-state index contributed by atoms with van der Waals surface area (Å²) < 4.78 is 114. The summed E-state index contributed by atoms with van der Waals surface area (Å²) in [6, 6.07) is 6.93. The fourth-order valence-electron chi connectivity index (χ4n) is 3.67. The molecule has 0 radical (unpaired) electrons. The number of benzene rings is 2. The third-order valence-electron chi connectivity index (χ3n) is 5.10. The van der Waals surface area contributed by atoms with E-state index in [0.717, 1.165) is 18.2 Å². The maximum Gasteiger partial charge on any atom is 0.497 e. The Balaban J connectivity index is 2.07. The van der Waals surface area contributed by atoms with Gasteiger partial charge in [-0.25, -0.2) is 25.6 Å². The molecule has 0 saturated heterocycles. The van der Waals surface area contributed by atoms with Gasteiger partial charge in [0, 0.05) is 10.6 Å². The van der Waals surface area contributed by atoms with Gasteiger partial charge in [-0.05, 0) is 61.2 Å². The Morgan fingerprint density at radius 3 is 2.07 bits per heavy atom. The van der Waals surface area contributed by atoms with E-state index in [1.807, 2.05) is 0 Å². The Kier molecular flexibility index (Phi) is 5.70. The largest absolute Gasteiger partial charge is 0.497 e. The molecular weight excluding hydrogens is 475 g/mol. The second-order valence-electron chi connectivity index (χ2n) is 7.08. The van der Waals surface area contributed by atoms with Gasteiger partial charge in [-0.3, -0.25) is 0 Å². The first-order valence-corrected chi connectivity index (χ1v) is 12.0. The predicted octanol–water partition coefficient (Wildman–Crippen LogP) is 4.63. The van der Waals surface area contributed by atoms with Crippen LogP contribution in [0.1, 0.15) is 18.4 Å². The molecule has 0 spiro atoms. The van der Waals surface area contributed by atoms with Crippen LogP contribution < -0.4 is 0 Å². The lowest BCUT2D eigenvalue weighted by molar-refractivity contribution is -0.0442. The van der Waals surface area contributed by atoms with E-state index in [2.05, 4.69) is 0 Å². The van der Waals surface area contributed by atoms with Gasteiger partial charge in [-0.15, -0.1) is 0 Å². The first-order chi connectivity index (χ1) is 13.7. The highest BCUT2D eigenvalue weighted by Gasteiger charge is 2.59. The van der Waals surface area contributed by atoms with Gasteiger partial charge in [0.25, 0.3) is 0 Å². The second-order valence-corrected chi connectivity index (χ2v) is 11.8. The van der Waals surface area contributed by atoms with Crippen molar-refractivity contribution >= 4 is 31.3 Å².